The van der Waals surface area contributed by atoms with Crippen molar-refractivity contribution in [3.8, 4) is 0 Å². The quantitative estimate of drug-likeness (QED) is 0.824. The fourth-order valence-electron chi connectivity index (χ4n) is 1.50. The summed E-state index contributed by atoms with van der Waals surface area (Å²) >= 11 is 0. The number of aromatic nitrogens is 3. The molecule has 0 saturated carbocycles. The van der Waals surface area contributed by atoms with Crippen LogP contribution in [0.2, 0.25) is 0 Å². The van der Waals surface area contributed by atoms with Crippen molar-refractivity contribution in [3.63, 3.8) is 0 Å². The summed E-state index contributed by atoms with van der Waals surface area (Å²) in [4.78, 5) is 4.39. The molecule has 0 saturated heterocycles. The van der Waals surface area contributed by atoms with Crippen molar-refractivity contribution in [1.29, 1.82) is 0 Å². The molecule has 0 radical (unpaired) electrons. The van der Waals surface area contributed by atoms with Crippen LogP contribution in [0.3, 0.4) is 0 Å². The van der Waals surface area contributed by atoms with E-state index in [0.29, 0.717) is 5.92 Å². The Labute approximate surface area is 94.9 Å². The van der Waals surface area contributed by atoms with Crippen molar-refractivity contribution in [2.45, 2.75) is 25.8 Å². The van der Waals surface area contributed by atoms with E-state index in [-0.39, 0.29) is 6.04 Å². The largest absolute Gasteiger partial charge is 0.318 e. The number of nitrogens with zero attached hydrogens (tertiary/aromatic N) is 2. The Morgan fingerprint density at radius 2 is 1.88 bits per heavy atom. The number of aromatic amines is 1. The van der Waals surface area contributed by atoms with Crippen LogP contribution in [0.25, 0.3) is 0 Å². The standard InChI is InChI=1S/C12H16N4/c1-8(2)11-14-12(16-15-11)10(13)9-6-4-3-5-7-9/h3-8,10H,13H2,1-2H3,(H,14,15,16)/t10-/m1/s1. The fraction of sp³-hybridized carbons (Fsp3) is 0.333. The van der Waals surface area contributed by atoms with Gasteiger partial charge in [-0.3, -0.25) is 5.10 Å². The van der Waals surface area contributed by atoms with Gasteiger partial charge in [-0.25, -0.2) is 4.98 Å². The summed E-state index contributed by atoms with van der Waals surface area (Å²) in [7, 11) is 0. The molecule has 1 aromatic carbocycles. The van der Waals surface area contributed by atoms with E-state index in [1.807, 2.05) is 30.3 Å². The van der Waals surface area contributed by atoms with Crippen LogP contribution in [0, 0.1) is 0 Å². The third-order valence-electron chi connectivity index (χ3n) is 2.49. The number of nitrogens with one attached hydrogen (secondary N) is 1. The lowest BCUT2D eigenvalue weighted by Crippen LogP contribution is -2.13. The average molecular weight is 216 g/mol. The molecule has 0 unspecified atom stereocenters. The van der Waals surface area contributed by atoms with Crippen LogP contribution in [0.1, 0.15) is 43.0 Å². The Morgan fingerprint density at radius 1 is 1.19 bits per heavy atom. The lowest BCUT2D eigenvalue weighted by Gasteiger charge is -2.07. The van der Waals surface area contributed by atoms with Gasteiger partial charge < -0.3 is 5.73 Å². The van der Waals surface area contributed by atoms with Crippen LogP contribution < -0.4 is 5.73 Å². The lowest BCUT2D eigenvalue weighted by atomic mass is 10.1. The molecule has 1 atom stereocenters. The van der Waals surface area contributed by atoms with E-state index >= 15 is 0 Å². The van der Waals surface area contributed by atoms with E-state index in [9.17, 15) is 0 Å². The Balaban J connectivity index is 2.24. The van der Waals surface area contributed by atoms with Gasteiger partial charge in [0.1, 0.15) is 5.82 Å². The lowest BCUT2D eigenvalue weighted by molar-refractivity contribution is 0.773. The first-order valence-electron chi connectivity index (χ1n) is 5.41. The molecule has 84 valence electrons. The van der Waals surface area contributed by atoms with E-state index in [0.717, 1.165) is 17.2 Å². The second-order valence-corrected chi connectivity index (χ2v) is 4.12. The highest BCUT2D eigenvalue weighted by Gasteiger charge is 2.14. The van der Waals surface area contributed by atoms with Crippen molar-refractivity contribution >= 4 is 0 Å². The number of hydrogen-bond acceptors (Lipinski definition) is 3. The van der Waals surface area contributed by atoms with Crippen LogP contribution in [0.15, 0.2) is 30.3 Å². The third kappa shape index (κ3) is 2.12. The van der Waals surface area contributed by atoms with Crippen LogP contribution in [-0.4, -0.2) is 15.2 Å². The first-order valence-corrected chi connectivity index (χ1v) is 5.41. The molecule has 0 spiro atoms. The number of H-pyrrole nitrogens is 1. The first-order chi connectivity index (χ1) is 7.68. The molecule has 0 aliphatic rings. The summed E-state index contributed by atoms with van der Waals surface area (Å²) in [5.74, 6) is 1.84. The summed E-state index contributed by atoms with van der Waals surface area (Å²) in [5, 5.41) is 7.05. The molecular formula is C12H16N4. The van der Waals surface area contributed by atoms with Gasteiger partial charge in [-0.05, 0) is 5.56 Å². The molecule has 0 aliphatic heterocycles. The zero-order valence-corrected chi connectivity index (χ0v) is 9.51. The Bertz CT molecular complexity index is 447. The van der Waals surface area contributed by atoms with E-state index < -0.39 is 0 Å². The van der Waals surface area contributed by atoms with Gasteiger partial charge in [0, 0.05) is 5.92 Å². The molecule has 1 heterocycles. The van der Waals surface area contributed by atoms with Crippen molar-refractivity contribution in [2.75, 3.05) is 0 Å². The third-order valence-corrected chi connectivity index (χ3v) is 2.49. The second-order valence-electron chi connectivity index (χ2n) is 4.12. The Kier molecular flexibility index (Phi) is 3.01. The minimum atomic E-state index is -0.235. The smallest absolute Gasteiger partial charge is 0.153 e. The van der Waals surface area contributed by atoms with E-state index in [2.05, 4.69) is 29.0 Å². The van der Waals surface area contributed by atoms with Gasteiger partial charge in [0.05, 0.1) is 6.04 Å². The Morgan fingerprint density at radius 3 is 2.44 bits per heavy atom. The van der Waals surface area contributed by atoms with Crippen molar-refractivity contribution < 1.29 is 0 Å². The van der Waals surface area contributed by atoms with Crippen LogP contribution >= 0.6 is 0 Å². The zero-order chi connectivity index (χ0) is 11.5. The maximum Gasteiger partial charge on any atom is 0.153 e. The molecule has 3 N–H and O–H groups in total. The van der Waals surface area contributed by atoms with Crippen molar-refractivity contribution in [1.82, 2.24) is 15.2 Å². The van der Waals surface area contributed by atoms with Crippen LogP contribution in [0.5, 0.6) is 0 Å². The highest BCUT2D eigenvalue weighted by atomic mass is 15.2. The molecule has 16 heavy (non-hydrogen) atoms. The van der Waals surface area contributed by atoms with Gasteiger partial charge in [-0.2, -0.15) is 5.10 Å². The summed E-state index contributed by atoms with van der Waals surface area (Å²) < 4.78 is 0. The normalized spacial score (nSPS) is 13.0. The molecule has 2 rings (SSSR count). The summed E-state index contributed by atoms with van der Waals surface area (Å²) in [6.45, 7) is 4.11. The van der Waals surface area contributed by atoms with E-state index in [1.54, 1.807) is 0 Å². The highest BCUT2D eigenvalue weighted by Crippen LogP contribution is 2.17. The monoisotopic (exact) mass is 216 g/mol. The van der Waals surface area contributed by atoms with Crippen molar-refractivity contribution in [2.24, 2.45) is 5.73 Å². The van der Waals surface area contributed by atoms with Gasteiger partial charge in [0.15, 0.2) is 5.82 Å². The maximum absolute atomic E-state index is 6.10. The maximum atomic E-state index is 6.10. The van der Waals surface area contributed by atoms with E-state index in [1.165, 1.54) is 0 Å². The summed E-state index contributed by atoms with van der Waals surface area (Å²) in [6, 6.07) is 9.64. The van der Waals surface area contributed by atoms with Crippen LogP contribution in [-0.2, 0) is 0 Å². The van der Waals surface area contributed by atoms with Crippen molar-refractivity contribution in [3.05, 3.63) is 47.5 Å². The Hall–Kier alpha value is -1.68. The van der Waals surface area contributed by atoms with Gasteiger partial charge in [-0.1, -0.05) is 44.2 Å². The number of nitrogens with two attached hydrogens (primary N) is 1. The number of hydrogen-bond donors (Lipinski definition) is 2. The zero-order valence-electron chi connectivity index (χ0n) is 9.51. The summed E-state index contributed by atoms with van der Waals surface area (Å²) in [5.41, 5.74) is 7.13. The summed E-state index contributed by atoms with van der Waals surface area (Å²) in [6.07, 6.45) is 0. The fourth-order valence-corrected chi connectivity index (χ4v) is 1.50. The molecule has 0 fully saturated rings. The molecule has 0 aliphatic carbocycles. The molecule has 1 aromatic heterocycles. The molecule has 0 amide bonds. The van der Waals surface area contributed by atoms with Crippen LogP contribution in [0.4, 0.5) is 0 Å². The van der Waals surface area contributed by atoms with Gasteiger partial charge in [0.25, 0.3) is 0 Å². The minimum absolute atomic E-state index is 0.235. The average Bonchev–Trinajstić information content (AvgIpc) is 2.78. The second kappa shape index (κ2) is 4.45. The van der Waals surface area contributed by atoms with Gasteiger partial charge in [-0.15, -0.1) is 0 Å². The minimum Gasteiger partial charge on any atom is -0.318 e. The van der Waals surface area contributed by atoms with Gasteiger partial charge >= 0.3 is 0 Å². The predicted molar refractivity (Wildman–Crippen MR) is 62.9 cm³/mol. The first kappa shape index (κ1) is 10.8. The molecular weight excluding hydrogens is 200 g/mol. The molecule has 2 aromatic rings. The number of benzene rings is 1. The predicted octanol–water partition coefficient (Wildman–Crippen LogP) is 1.98. The highest BCUT2D eigenvalue weighted by molar-refractivity contribution is 5.23. The molecule has 4 nitrogen and oxygen atoms in total. The number of rotatable bonds is 3. The van der Waals surface area contributed by atoms with Gasteiger partial charge in [0.2, 0.25) is 0 Å². The SMILES string of the molecule is CC(C)c1n[nH]c([C@H](N)c2ccccc2)n1. The molecule has 0 bridgehead atoms. The molecule has 4 heteroatoms. The van der Waals surface area contributed by atoms with E-state index in [4.69, 9.17) is 5.73 Å². The topological polar surface area (TPSA) is 67.6 Å².